The lowest BCUT2D eigenvalue weighted by Gasteiger charge is -2.10. The standard InChI is InChI=1S/C24H22N4O3/c1-18-25-22(28-13-5-6-14-28)15-24(26-18)31-21-11-9-20(10-12-21)27-23(29)17-30-16-19-7-3-2-4-8-19/h2-15H,16-17H2,1H3,(H,27,29). The highest BCUT2D eigenvalue weighted by atomic mass is 16.5. The van der Waals surface area contributed by atoms with Crippen molar-refractivity contribution in [2.75, 3.05) is 11.9 Å². The summed E-state index contributed by atoms with van der Waals surface area (Å²) in [5.41, 5.74) is 1.68. The van der Waals surface area contributed by atoms with Crippen LogP contribution in [-0.4, -0.2) is 27.0 Å². The average Bonchev–Trinajstić information content (AvgIpc) is 3.31. The number of aromatic nitrogens is 3. The number of benzene rings is 2. The number of anilines is 1. The highest BCUT2D eigenvalue weighted by Crippen LogP contribution is 2.23. The number of nitrogens with zero attached hydrogens (tertiary/aromatic N) is 3. The minimum absolute atomic E-state index is 0.0183. The van der Waals surface area contributed by atoms with Gasteiger partial charge >= 0.3 is 0 Å². The molecule has 31 heavy (non-hydrogen) atoms. The van der Waals surface area contributed by atoms with E-state index in [2.05, 4.69) is 15.3 Å². The quantitative estimate of drug-likeness (QED) is 0.459. The number of nitrogens with one attached hydrogen (secondary N) is 1. The van der Waals surface area contributed by atoms with Gasteiger partial charge in [-0.2, -0.15) is 4.98 Å². The Labute approximate surface area is 180 Å². The molecule has 0 aliphatic carbocycles. The van der Waals surface area contributed by atoms with Gasteiger partial charge in [0, 0.05) is 24.1 Å². The Balaban J connectivity index is 1.32. The summed E-state index contributed by atoms with van der Waals surface area (Å²) in [6, 6.07) is 22.4. The van der Waals surface area contributed by atoms with Gasteiger partial charge in [-0.15, -0.1) is 0 Å². The second-order valence-corrected chi connectivity index (χ2v) is 6.85. The SMILES string of the molecule is Cc1nc(Oc2ccc(NC(=O)COCc3ccccc3)cc2)cc(-n2cccc2)n1. The lowest BCUT2D eigenvalue weighted by atomic mass is 10.2. The van der Waals surface area contributed by atoms with E-state index < -0.39 is 0 Å². The second kappa shape index (κ2) is 9.69. The molecule has 0 fully saturated rings. The average molecular weight is 414 g/mol. The van der Waals surface area contributed by atoms with Crippen molar-refractivity contribution in [3.8, 4) is 17.4 Å². The van der Waals surface area contributed by atoms with Crippen LogP contribution in [0.4, 0.5) is 5.69 Å². The summed E-state index contributed by atoms with van der Waals surface area (Å²) in [5.74, 6) is 2.18. The molecule has 4 rings (SSSR count). The number of ether oxygens (including phenoxy) is 2. The Kier molecular flexibility index (Phi) is 6.35. The van der Waals surface area contributed by atoms with Crippen LogP contribution in [-0.2, 0) is 16.1 Å². The van der Waals surface area contributed by atoms with Crippen LogP contribution in [0.2, 0.25) is 0 Å². The first-order valence-electron chi connectivity index (χ1n) is 9.84. The van der Waals surface area contributed by atoms with Gasteiger partial charge in [0.25, 0.3) is 0 Å². The summed E-state index contributed by atoms with van der Waals surface area (Å²) < 4.78 is 13.2. The van der Waals surface area contributed by atoms with Crippen LogP contribution >= 0.6 is 0 Å². The molecule has 0 radical (unpaired) electrons. The molecule has 0 saturated carbocycles. The molecule has 4 aromatic rings. The zero-order valence-corrected chi connectivity index (χ0v) is 17.1. The van der Waals surface area contributed by atoms with Crippen molar-refractivity contribution in [2.24, 2.45) is 0 Å². The van der Waals surface area contributed by atoms with Gasteiger partial charge in [-0.3, -0.25) is 4.79 Å². The maximum absolute atomic E-state index is 12.1. The molecule has 1 amide bonds. The van der Waals surface area contributed by atoms with Gasteiger partial charge in [0.05, 0.1) is 6.61 Å². The van der Waals surface area contributed by atoms with Crippen LogP contribution in [0.5, 0.6) is 11.6 Å². The summed E-state index contributed by atoms with van der Waals surface area (Å²) in [4.78, 5) is 20.8. The first kappa shape index (κ1) is 20.3. The number of hydrogen-bond donors (Lipinski definition) is 1. The normalized spacial score (nSPS) is 10.6. The van der Waals surface area contributed by atoms with E-state index in [0.717, 1.165) is 11.4 Å². The third-order valence-corrected chi connectivity index (χ3v) is 4.38. The molecule has 1 N–H and O–H groups in total. The molecule has 0 atom stereocenters. The summed E-state index contributed by atoms with van der Waals surface area (Å²) in [5, 5.41) is 2.81. The highest BCUT2D eigenvalue weighted by molar-refractivity contribution is 5.91. The van der Waals surface area contributed by atoms with Crippen molar-refractivity contribution in [2.45, 2.75) is 13.5 Å². The van der Waals surface area contributed by atoms with E-state index in [1.165, 1.54) is 0 Å². The predicted octanol–water partition coefficient (Wildman–Crippen LogP) is 4.52. The Morgan fingerprint density at radius 2 is 1.71 bits per heavy atom. The molecule has 0 bridgehead atoms. The van der Waals surface area contributed by atoms with Crippen LogP contribution in [0.25, 0.3) is 5.82 Å². The molecule has 0 aliphatic rings. The van der Waals surface area contributed by atoms with E-state index in [1.807, 2.05) is 66.3 Å². The molecule has 0 spiro atoms. The van der Waals surface area contributed by atoms with Gasteiger partial charge in [-0.05, 0) is 48.9 Å². The van der Waals surface area contributed by atoms with Gasteiger partial charge in [-0.1, -0.05) is 30.3 Å². The molecule has 7 nitrogen and oxygen atoms in total. The first-order valence-corrected chi connectivity index (χ1v) is 9.84. The Bertz CT molecular complexity index is 1130. The molecule has 2 aromatic carbocycles. The van der Waals surface area contributed by atoms with Crippen LogP contribution < -0.4 is 10.1 Å². The molecule has 156 valence electrons. The summed E-state index contributed by atoms with van der Waals surface area (Å²) >= 11 is 0. The Morgan fingerprint density at radius 1 is 0.968 bits per heavy atom. The monoisotopic (exact) mass is 414 g/mol. The largest absolute Gasteiger partial charge is 0.439 e. The van der Waals surface area contributed by atoms with Crippen LogP contribution in [0.1, 0.15) is 11.4 Å². The fourth-order valence-electron chi connectivity index (χ4n) is 2.96. The summed E-state index contributed by atoms with van der Waals surface area (Å²) in [6.45, 7) is 2.19. The Morgan fingerprint density at radius 3 is 2.45 bits per heavy atom. The lowest BCUT2D eigenvalue weighted by Crippen LogP contribution is -2.18. The summed E-state index contributed by atoms with van der Waals surface area (Å²) in [7, 11) is 0. The lowest BCUT2D eigenvalue weighted by molar-refractivity contribution is -0.121. The smallest absolute Gasteiger partial charge is 0.250 e. The van der Waals surface area contributed by atoms with Crippen molar-refractivity contribution in [3.63, 3.8) is 0 Å². The maximum atomic E-state index is 12.1. The molecule has 0 aliphatic heterocycles. The zero-order valence-electron chi connectivity index (χ0n) is 17.1. The number of aryl methyl sites for hydroxylation is 1. The fourth-order valence-corrected chi connectivity index (χ4v) is 2.96. The van der Waals surface area contributed by atoms with Crippen molar-refractivity contribution in [1.29, 1.82) is 0 Å². The van der Waals surface area contributed by atoms with Gasteiger partial charge in [0.1, 0.15) is 24.0 Å². The van der Waals surface area contributed by atoms with Gasteiger partial charge in [0.15, 0.2) is 0 Å². The van der Waals surface area contributed by atoms with Crippen molar-refractivity contribution in [3.05, 3.63) is 96.6 Å². The van der Waals surface area contributed by atoms with Gasteiger partial charge < -0.3 is 19.4 Å². The summed E-state index contributed by atoms with van der Waals surface area (Å²) in [6.07, 6.45) is 3.82. The number of rotatable bonds is 8. The van der Waals surface area contributed by atoms with E-state index in [1.54, 1.807) is 30.3 Å². The minimum Gasteiger partial charge on any atom is -0.439 e. The first-order chi connectivity index (χ1) is 15.2. The third-order valence-electron chi connectivity index (χ3n) is 4.38. The van der Waals surface area contributed by atoms with Crippen molar-refractivity contribution < 1.29 is 14.3 Å². The molecular weight excluding hydrogens is 392 g/mol. The van der Waals surface area contributed by atoms with E-state index in [0.29, 0.717) is 29.7 Å². The minimum atomic E-state index is -0.215. The van der Waals surface area contributed by atoms with E-state index >= 15 is 0 Å². The second-order valence-electron chi connectivity index (χ2n) is 6.85. The molecule has 0 unspecified atom stereocenters. The van der Waals surface area contributed by atoms with Crippen LogP contribution in [0.15, 0.2) is 85.2 Å². The number of hydrogen-bond acceptors (Lipinski definition) is 5. The van der Waals surface area contributed by atoms with Crippen LogP contribution in [0.3, 0.4) is 0 Å². The van der Waals surface area contributed by atoms with Crippen molar-refractivity contribution in [1.82, 2.24) is 14.5 Å². The van der Waals surface area contributed by atoms with E-state index in [9.17, 15) is 4.79 Å². The number of carbonyl (C=O) groups excluding carboxylic acids is 1. The topological polar surface area (TPSA) is 78.3 Å². The van der Waals surface area contributed by atoms with E-state index in [4.69, 9.17) is 9.47 Å². The van der Waals surface area contributed by atoms with Gasteiger partial charge in [-0.25, -0.2) is 4.98 Å². The van der Waals surface area contributed by atoms with E-state index in [-0.39, 0.29) is 12.5 Å². The third kappa shape index (κ3) is 5.77. The molecule has 0 saturated heterocycles. The molecule has 2 aromatic heterocycles. The maximum Gasteiger partial charge on any atom is 0.250 e. The molecular formula is C24H22N4O3. The predicted molar refractivity (Wildman–Crippen MR) is 117 cm³/mol. The molecule has 2 heterocycles. The number of amides is 1. The van der Waals surface area contributed by atoms with Crippen LogP contribution in [0, 0.1) is 6.92 Å². The van der Waals surface area contributed by atoms with Gasteiger partial charge in [0.2, 0.25) is 11.8 Å². The number of carbonyl (C=O) groups is 1. The highest BCUT2D eigenvalue weighted by Gasteiger charge is 2.07. The fraction of sp³-hybridized carbons (Fsp3) is 0.125. The van der Waals surface area contributed by atoms with Crippen molar-refractivity contribution >= 4 is 11.6 Å². The Hall–Kier alpha value is -3.97. The zero-order chi connectivity index (χ0) is 21.5. The molecule has 7 heteroatoms.